The van der Waals surface area contributed by atoms with Crippen molar-refractivity contribution in [2.75, 3.05) is 31.6 Å². The van der Waals surface area contributed by atoms with Crippen LogP contribution in [0.3, 0.4) is 0 Å². The molecule has 0 saturated carbocycles. The van der Waals surface area contributed by atoms with Gasteiger partial charge in [0, 0.05) is 12.2 Å². The fourth-order valence-corrected chi connectivity index (χ4v) is 2.29. The van der Waals surface area contributed by atoms with Crippen LogP contribution in [0, 0.1) is 0 Å². The number of likely N-dealkylation sites (N-methyl/N-ethyl adjacent to an activating group) is 1. The van der Waals surface area contributed by atoms with Gasteiger partial charge in [0.05, 0.1) is 13.7 Å². The zero-order valence-corrected chi connectivity index (χ0v) is 11.0. The lowest BCUT2D eigenvalue weighted by atomic mass is 10.0. The van der Waals surface area contributed by atoms with E-state index in [4.69, 9.17) is 4.74 Å². The number of methoxy groups -OCH3 is 1. The molecule has 0 aromatic heterocycles. The maximum absolute atomic E-state index is 12.1. The molecule has 0 bridgehead atoms. The van der Waals surface area contributed by atoms with Gasteiger partial charge in [0.15, 0.2) is 0 Å². The summed E-state index contributed by atoms with van der Waals surface area (Å²) in [6.45, 7) is 4.03. The van der Waals surface area contributed by atoms with Crippen LogP contribution in [0.15, 0.2) is 18.2 Å². The Bertz CT molecular complexity index is 432. The monoisotopic (exact) mass is 248 g/mol. The number of rotatable bonds is 4. The van der Waals surface area contributed by atoms with Crippen molar-refractivity contribution < 1.29 is 9.53 Å². The van der Waals surface area contributed by atoms with E-state index >= 15 is 0 Å². The molecule has 98 valence electrons. The average Bonchev–Trinajstić information content (AvgIpc) is 2.43. The van der Waals surface area contributed by atoms with E-state index in [0.717, 1.165) is 37.4 Å². The maximum atomic E-state index is 12.1. The number of amides is 1. The second-order valence-corrected chi connectivity index (χ2v) is 4.42. The summed E-state index contributed by atoms with van der Waals surface area (Å²) < 4.78 is 5.23. The predicted octanol–water partition coefficient (Wildman–Crippen LogP) is 1.58. The molecular formula is C14H20N2O2. The molecule has 1 aromatic rings. The number of nitrogens with zero attached hydrogens (tertiary/aromatic N) is 1. The maximum Gasteiger partial charge on any atom is 0.240 e. The third-order valence-corrected chi connectivity index (χ3v) is 3.23. The van der Waals surface area contributed by atoms with Gasteiger partial charge >= 0.3 is 0 Å². The second kappa shape index (κ2) is 5.87. The Balaban J connectivity index is 2.19. The first-order valence-electron chi connectivity index (χ1n) is 6.44. The number of carbonyl (C=O) groups is 1. The summed E-state index contributed by atoms with van der Waals surface area (Å²) >= 11 is 0. The molecule has 0 atom stereocenters. The number of carbonyl (C=O) groups excluding carboxylic acids is 1. The van der Waals surface area contributed by atoms with Crippen molar-refractivity contribution >= 4 is 11.6 Å². The molecule has 0 fully saturated rings. The highest BCUT2D eigenvalue weighted by molar-refractivity contribution is 5.96. The fraction of sp³-hybridized carbons (Fsp3) is 0.500. The van der Waals surface area contributed by atoms with E-state index < -0.39 is 0 Å². The Morgan fingerprint density at radius 1 is 1.50 bits per heavy atom. The Kier molecular flexibility index (Phi) is 4.20. The summed E-state index contributed by atoms with van der Waals surface area (Å²) in [7, 11) is 1.67. The number of hydrogen-bond donors (Lipinski definition) is 1. The van der Waals surface area contributed by atoms with Crippen molar-refractivity contribution in [2.45, 2.75) is 19.8 Å². The first kappa shape index (κ1) is 12.9. The number of anilines is 1. The predicted molar refractivity (Wildman–Crippen MR) is 72.2 cm³/mol. The Morgan fingerprint density at radius 2 is 2.33 bits per heavy atom. The molecule has 1 aliphatic heterocycles. The van der Waals surface area contributed by atoms with E-state index in [1.165, 1.54) is 5.56 Å². The topological polar surface area (TPSA) is 41.6 Å². The largest absolute Gasteiger partial charge is 0.497 e. The normalized spacial score (nSPS) is 14.2. The highest BCUT2D eigenvalue weighted by atomic mass is 16.5. The minimum Gasteiger partial charge on any atom is -0.497 e. The minimum absolute atomic E-state index is 0.142. The van der Waals surface area contributed by atoms with Gasteiger partial charge in [0.25, 0.3) is 0 Å². The Morgan fingerprint density at radius 3 is 3.06 bits per heavy atom. The van der Waals surface area contributed by atoms with Gasteiger partial charge in [-0.3, -0.25) is 4.79 Å². The van der Waals surface area contributed by atoms with E-state index in [1.807, 2.05) is 30.0 Å². The van der Waals surface area contributed by atoms with Crippen molar-refractivity contribution in [3.05, 3.63) is 23.8 Å². The number of ether oxygens (including phenoxy) is 1. The van der Waals surface area contributed by atoms with Crippen molar-refractivity contribution in [1.29, 1.82) is 0 Å². The lowest BCUT2D eigenvalue weighted by molar-refractivity contribution is -0.117. The Hall–Kier alpha value is -1.55. The van der Waals surface area contributed by atoms with Crippen LogP contribution in [-0.2, 0) is 11.2 Å². The summed E-state index contributed by atoms with van der Waals surface area (Å²) in [6.07, 6.45) is 2.02. The SMILES string of the molecule is CCNCC(=O)N1CCCc2cc(OC)ccc21. The van der Waals surface area contributed by atoms with E-state index in [1.54, 1.807) is 7.11 Å². The van der Waals surface area contributed by atoms with Gasteiger partial charge in [0.1, 0.15) is 5.75 Å². The molecule has 1 aromatic carbocycles. The van der Waals surface area contributed by atoms with E-state index in [-0.39, 0.29) is 5.91 Å². The zero-order chi connectivity index (χ0) is 13.0. The van der Waals surface area contributed by atoms with Crippen LogP contribution in [0.2, 0.25) is 0 Å². The molecule has 4 heteroatoms. The van der Waals surface area contributed by atoms with Gasteiger partial charge in [-0.15, -0.1) is 0 Å². The molecule has 0 aliphatic carbocycles. The molecule has 1 heterocycles. The zero-order valence-electron chi connectivity index (χ0n) is 11.0. The van der Waals surface area contributed by atoms with Gasteiger partial charge in [0.2, 0.25) is 5.91 Å². The summed E-state index contributed by atoms with van der Waals surface area (Å²) in [5.41, 5.74) is 2.23. The molecule has 18 heavy (non-hydrogen) atoms. The van der Waals surface area contributed by atoms with Crippen LogP contribution >= 0.6 is 0 Å². The van der Waals surface area contributed by atoms with Crippen molar-refractivity contribution in [2.24, 2.45) is 0 Å². The van der Waals surface area contributed by atoms with E-state index in [0.29, 0.717) is 6.54 Å². The lowest BCUT2D eigenvalue weighted by Gasteiger charge is -2.29. The summed E-state index contributed by atoms with van der Waals surface area (Å²) in [4.78, 5) is 14.0. The number of benzene rings is 1. The molecule has 0 radical (unpaired) electrons. The first-order chi connectivity index (χ1) is 8.76. The summed E-state index contributed by atoms with van der Waals surface area (Å²) in [5.74, 6) is 0.998. The Labute approximate surface area is 108 Å². The molecule has 2 rings (SSSR count). The molecule has 1 amide bonds. The average molecular weight is 248 g/mol. The molecular weight excluding hydrogens is 228 g/mol. The van der Waals surface area contributed by atoms with Crippen LogP contribution in [0.25, 0.3) is 0 Å². The van der Waals surface area contributed by atoms with Crippen LogP contribution in [-0.4, -0.2) is 32.7 Å². The third-order valence-electron chi connectivity index (χ3n) is 3.23. The minimum atomic E-state index is 0.142. The lowest BCUT2D eigenvalue weighted by Crippen LogP contribution is -2.41. The van der Waals surface area contributed by atoms with Crippen molar-refractivity contribution in [3.8, 4) is 5.75 Å². The number of nitrogens with one attached hydrogen (secondary N) is 1. The van der Waals surface area contributed by atoms with Crippen LogP contribution in [0.4, 0.5) is 5.69 Å². The summed E-state index contributed by atoms with van der Waals surface area (Å²) in [6, 6.07) is 5.93. The number of hydrogen-bond acceptors (Lipinski definition) is 3. The van der Waals surface area contributed by atoms with Gasteiger partial charge in [-0.1, -0.05) is 6.92 Å². The highest BCUT2D eigenvalue weighted by Crippen LogP contribution is 2.30. The number of aryl methyl sites for hydroxylation is 1. The van der Waals surface area contributed by atoms with Gasteiger partial charge in [-0.05, 0) is 43.1 Å². The van der Waals surface area contributed by atoms with Crippen LogP contribution < -0.4 is 15.0 Å². The quantitative estimate of drug-likeness (QED) is 0.879. The smallest absolute Gasteiger partial charge is 0.240 e. The van der Waals surface area contributed by atoms with Crippen LogP contribution in [0.1, 0.15) is 18.9 Å². The molecule has 0 unspecified atom stereocenters. The highest BCUT2D eigenvalue weighted by Gasteiger charge is 2.22. The molecule has 0 spiro atoms. The van der Waals surface area contributed by atoms with Crippen molar-refractivity contribution in [1.82, 2.24) is 5.32 Å². The third kappa shape index (κ3) is 2.64. The molecule has 1 N–H and O–H groups in total. The molecule has 0 saturated heterocycles. The molecule has 4 nitrogen and oxygen atoms in total. The van der Waals surface area contributed by atoms with E-state index in [9.17, 15) is 4.79 Å². The molecule has 1 aliphatic rings. The van der Waals surface area contributed by atoms with Crippen molar-refractivity contribution in [3.63, 3.8) is 0 Å². The van der Waals surface area contributed by atoms with Crippen LogP contribution in [0.5, 0.6) is 5.75 Å². The number of fused-ring (bicyclic) bond motifs is 1. The van der Waals surface area contributed by atoms with Gasteiger partial charge in [-0.25, -0.2) is 0 Å². The standard InChI is InChI=1S/C14H20N2O2/c1-3-15-10-14(17)16-8-4-5-11-9-12(18-2)6-7-13(11)16/h6-7,9,15H,3-5,8,10H2,1-2H3. The van der Waals surface area contributed by atoms with E-state index in [2.05, 4.69) is 5.32 Å². The van der Waals surface area contributed by atoms with Gasteiger partial charge in [-0.2, -0.15) is 0 Å². The second-order valence-electron chi connectivity index (χ2n) is 4.42. The summed E-state index contributed by atoms with van der Waals surface area (Å²) in [5, 5.41) is 3.08. The van der Waals surface area contributed by atoms with Gasteiger partial charge < -0.3 is 15.0 Å². The first-order valence-corrected chi connectivity index (χ1v) is 6.44. The fourth-order valence-electron chi connectivity index (χ4n) is 2.29.